The Morgan fingerprint density at radius 1 is 0.923 bits per heavy atom. The quantitative estimate of drug-likeness (QED) is 0.239. The van der Waals surface area contributed by atoms with Crippen LogP contribution in [0.25, 0.3) is 33.7 Å². The molecule has 0 bridgehead atoms. The van der Waals surface area contributed by atoms with Gasteiger partial charge in [0.15, 0.2) is 5.76 Å². The molecule has 7 nitrogen and oxygen atoms in total. The number of rotatable bonds is 7. The Bertz CT molecular complexity index is 1730. The summed E-state index contributed by atoms with van der Waals surface area (Å²) < 4.78 is 5.70. The fraction of sp³-hybridized carbons (Fsp3) is 0.125. The largest absolute Gasteiger partial charge is 0.481 e. The van der Waals surface area contributed by atoms with Gasteiger partial charge in [-0.2, -0.15) is 5.26 Å². The topological polar surface area (TPSA) is 112 Å². The lowest BCUT2D eigenvalue weighted by atomic mass is 9.93. The van der Waals surface area contributed by atoms with Crippen LogP contribution < -0.4 is 5.32 Å². The molecule has 190 valence electrons. The zero-order valence-electron chi connectivity index (χ0n) is 21.2. The van der Waals surface area contributed by atoms with Gasteiger partial charge in [-0.05, 0) is 60.7 Å². The minimum absolute atomic E-state index is 0.580. The van der Waals surface area contributed by atoms with Crippen molar-refractivity contribution in [3.05, 3.63) is 108 Å². The first kappa shape index (κ1) is 24.1. The number of aliphatic carboxylic acids is 1. The molecule has 0 radical (unpaired) electrons. The van der Waals surface area contributed by atoms with Crippen LogP contribution in [0.3, 0.4) is 0 Å². The Hall–Kier alpha value is -5.22. The maximum absolute atomic E-state index is 11.6. The van der Waals surface area contributed by atoms with Gasteiger partial charge in [-0.1, -0.05) is 71.9 Å². The summed E-state index contributed by atoms with van der Waals surface area (Å²) in [5.41, 5.74) is 6.67. The number of hydrogen-bond acceptors (Lipinski definition) is 6. The third-order valence-corrected chi connectivity index (χ3v) is 7.23. The van der Waals surface area contributed by atoms with Crippen molar-refractivity contribution < 1.29 is 14.4 Å². The molecule has 39 heavy (non-hydrogen) atoms. The predicted molar refractivity (Wildman–Crippen MR) is 148 cm³/mol. The molecule has 1 fully saturated rings. The Kier molecular flexibility index (Phi) is 5.93. The van der Waals surface area contributed by atoms with E-state index < -0.39 is 11.4 Å². The molecule has 0 aliphatic heterocycles. The lowest BCUT2D eigenvalue weighted by Crippen LogP contribution is -2.19. The fourth-order valence-corrected chi connectivity index (χ4v) is 4.80. The number of carbonyl (C=O) groups is 1. The van der Waals surface area contributed by atoms with Crippen LogP contribution >= 0.6 is 0 Å². The van der Waals surface area contributed by atoms with Gasteiger partial charge in [0.25, 0.3) is 0 Å². The van der Waals surface area contributed by atoms with Crippen molar-refractivity contribution in [2.75, 3.05) is 5.32 Å². The summed E-state index contributed by atoms with van der Waals surface area (Å²) in [5.74, 6) is 0.487. The maximum Gasteiger partial charge on any atom is 0.314 e. The van der Waals surface area contributed by atoms with Crippen molar-refractivity contribution in [1.82, 2.24) is 10.1 Å². The van der Waals surface area contributed by atoms with Crippen LogP contribution in [0.1, 0.15) is 29.7 Å². The third kappa shape index (κ3) is 4.53. The molecular weight excluding hydrogens is 488 g/mol. The second-order valence-electron chi connectivity index (χ2n) is 9.74. The minimum Gasteiger partial charge on any atom is -0.481 e. The number of benzene rings is 3. The number of carboxylic acid groups (broad SMARTS) is 1. The van der Waals surface area contributed by atoms with Crippen LogP contribution in [-0.4, -0.2) is 21.2 Å². The highest BCUT2D eigenvalue weighted by Gasteiger charge is 2.51. The van der Waals surface area contributed by atoms with Crippen molar-refractivity contribution >= 4 is 17.5 Å². The molecule has 2 N–H and O–H groups in total. The number of hydrogen-bond donors (Lipinski definition) is 2. The molecule has 1 aliphatic rings. The van der Waals surface area contributed by atoms with Crippen molar-refractivity contribution in [1.29, 1.82) is 5.26 Å². The van der Waals surface area contributed by atoms with Gasteiger partial charge in [0.05, 0.1) is 22.7 Å². The van der Waals surface area contributed by atoms with Gasteiger partial charge in [0.1, 0.15) is 17.2 Å². The van der Waals surface area contributed by atoms with E-state index in [0.29, 0.717) is 35.7 Å². The van der Waals surface area contributed by atoms with E-state index >= 15 is 0 Å². The number of pyridine rings is 1. The first-order valence-corrected chi connectivity index (χ1v) is 12.6. The van der Waals surface area contributed by atoms with Crippen molar-refractivity contribution in [3.63, 3.8) is 0 Å². The molecule has 0 atom stereocenters. The Morgan fingerprint density at radius 3 is 2.26 bits per heavy atom. The van der Waals surface area contributed by atoms with Gasteiger partial charge >= 0.3 is 5.97 Å². The summed E-state index contributed by atoms with van der Waals surface area (Å²) in [6, 6.07) is 31.0. The molecule has 1 saturated carbocycles. The Labute approximate surface area is 225 Å². The Morgan fingerprint density at radius 2 is 1.59 bits per heavy atom. The molecule has 6 rings (SSSR count). The second kappa shape index (κ2) is 9.58. The zero-order chi connectivity index (χ0) is 27.0. The van der Waals surface area contributed by atoms with E-state index in [1.807, 2.05) is 91.9 Å². The van der Waals surface area contributed by atoms with E-state index in [0.717, 1.165) is 39.2 Å². The first-order chi connectivity index (χ1) is 19.0. The van der Waals surface area contributed by atoms with Crippen molar-refractivity contribution in [2.24, 2.45) is 0 Å². The van der Waals surface area contributed by atoms with E-state index in [9.17, 15) is 15.2 Å². The third-order valence-electron chi connectivity index (χ3n) is 7.23. The first-order valence-electron chi connectivity index (χ1n) is 12.6. The number of aromatic nitrogens is 2. The molecular formula is C32H24N4O3. The van der Waals surface area contributed by atoms with Crippen molar-refractivity contribution in [2.45, 2.75) is 25.2 Å². The summed E-state index contributed by atoms with van der Waals surface area (Å²) in [6.07, 6.45) is 1.38. The van der Waals surface area contributed by atoms with Gasteiger partial charge in [-0.25, -0.2) is 4.98 Å². The van der Waals surface area contributed by atoms with Gasteiger partial charge in [-0.15, -0.1) is 0 Å². The van der Waals surface area contributed by atoms with Gasteiger partial charge in [0, 0.05) is 11.1 Å². The molecule has 3 aromatic carbocycles. The molecule has 2 heterocycles. The van der Waals surface area contributed by atoms with Gasteiger partial charge < -0.3 is 14.9 Å². The van der Waals surface area contributed by atoms with Crippen LogP contribution in [0.2, 0.25) is 0 Å². The second-order valence-corrected chi connectivity index (χ2v) is 9.74. The summed E-state index contributed by atoms with van der Waals surface area (Å²) >= 11 is 0. The smallest absolute Gasteiger partial charge is 0.314 e. The normalized spacial score (nSPS) is 13.4. The number of carboxylic acids is 1. The number of nitrogens with one attached hydrogen (secondary N) is 1. The lowest BCUT2D eigenvalue weighted by molar-refractivity contribution is -0.140. The van der Waals surface area contributed by atoms with E-state index in [1.54, 1.807) is 6.07 Å². The molecule has 0 spiro atoms. The number of nitriles is 1. The van der Waals surface area contributed by atoms with E-state index in [2.05, 4.69) is 16.5 Å². The monoisotopic (exact) mass is 512 g/mol. The number of aryl methyl sites for hydroxylation is 1. The number of anilines is 2. The average molecular weight is 513 g/mol. The molecule has 0 unspecified atom stereocenters. The molecule has 5 aromatic rings. The van der Waals surface area contributed by atoms with Gasteiger partial charge in [0.2, 0.25) is 0 Å². The minimum atomic E-state index is -0.749. The predicted octanol–water partition coefficient (Wildman–Crippen LogP) is 7.11. The summed E-state index contributed by atoms with van der Waals surface area (Å²) in [4.78, 5) is 16.4. The molecule has 2 aromatic heterocycles. The van der Waals surface area contributed by atoms with Crippen LogP contribution in [0.15, 0.2) is 95.5 Å². The highest BCUT2D eigenvalue weighted by Crippen LogP contribution is 2.48. The summed E-state index contributed by atoms with van der Waals surface area (Å²) in [5, 5.41) is 26.3. The van der Waals surface area contributed by atoms with Crippen LogP contribution in [0.5, 0.6) is 0 Å². The number of nitrogens with zero attached hydrogens (tertiary/aromatic N) is 3. The summed E-state index contributed by atoms with van der Waals surface area (Å²) in [7, 11) is 0. The van der Waals surface area contributed by atoms with Crippen LogP contribution in [-0.2, 0) is 10.2 Å². The average Bonchev–Trinajstić information content (AvgIpc) is 3.72. The van der Waals surface area contributed by atoms with E-state index in [4.69, 9.17) is 9.51 Å². The van der Waals surface area contributed by atoms with Crippen LogP contribution in [0.4, 0.5) is 11.5 Å². The maximum atomic E-state index is 11.6. The van der Waals surface area contributed by atoms with Crippen molar-refractivity contribution in [3.8, 4) is 39.8 Å². The van der Waals surface area contributed by atoms with E-state index in [-0.39, 0.29) is 0 Å². The fourth-order valence-electron chi connectivity index (χ4n) is 4.80. The lowest BCUT2D eigenvalue weighted by Gasteiger charge is -2.11. The highest BCUT2D eigenvalue weighted by molar-refractivity contribution is 5.85. The highest BCUT2D eigenvalue weighted by atomic mass is 16.5. The SMILES string of the molecule is Cc1noc(-c2ccc(-c3ccc(C4(C(=O)O)CC4)cc3)cc2)c1Nc1cccc(-c2cccc(C#N)c2)n1. The standard InChI is InChI=1S/C32H24N4O3/c1-20-29(35-28-7-3-6-27(34-28)25-5-2-4-21(18-25)19-33)30(39-36-20)24-10-8-22(9-11-24)23-12-14-26(15-13-23)32(16-17-32)31(37)38/h2-15,18H,16-17H2,1H3,(H,34,35)(H,37,38). The molecule has 7 heteroatoms. The van der Waals surface area contributed by atoms with Crippen LogP contribution in [0, 0.1) is 18.3 Å². The summed E-state index contributed by atoms with van der Waals surface area (Å²) in [6.45, 7) is 1.87. The molecule has 0 saturated heterocycles. The van der Waals surface area contributed by atoms with Gasteiger partial charge in [-0.3, -0.25) is 4.79 Å². The van der Waals surface area contributed by atoms with E-state index in [1.165, 1.54) is 0 Å². The zero-order valence-corrected chi connectivity index (χ0v) is 21.2. The molecule has 0 amide bonds. The molecule has 1 aliphatic carbocycles. The Balaban J connectivity index is 1.24.